The Morgan fingerprint density at radius 3 is 2.45 bits per heavy atom. The third-order valence-corrected chi connectivity index (χ3v) is 3.78. The van der Waals surface area contributed by atoms with Gasteiger partial charge in [0.1, 0.15) is 17.3 Å². The van der Waals surface area contributed by atoms with E-state index in [9.17, 15) is 22.8 Å². The van der Waals surface area contributed by atoms with Gasteiger partial charge in [0.05, 0.1) is 12.2 Å². The summed E-state index contributed by atoms with van der Waals surface area (Å²) in [6, 6.07) is 5.42. The second kappa shape index (κ2) is 9.35. The van der Waals surface area contributed by atoms with E-state index >= 15 is 0 Å². The zero-order valence-electron chi connectivity index (χ0n) is 16.1. The zero-order chi connectivity index (χ0) is 21.6. The minimum absolute atomic E-state index is 0.0265. The van der Waals surface area contributed by atoms with Crippen molar-refractivity contribution in [1.82, 2.24) is 15.3 Å². The third-order valence-electron chi connectivity index (χ3n) is 3.78. The van der Waals surface area contributed by atoms with Crippen molar-refractivity contribution in [3.8, 4) is 5.75 Å². The Balaban J connectivity index is 1.99. The molecule has 0 saturated heterocycles. The lowest BCUT2D eigenvalue weighted by Crippen LogP contribution is -2.27. The number of rotatable bonds is 7. The van der Waals surface area contributed by atoms with E-state index in [0.717, 1.165) is 6.20 Å². The second-order valence-electron chi connectivity index (χ2n) is 6.60. The van der Waals surface area contributed by atoms with Crippen LogP contribution in [0.4, 0.5) is 19.0 Å². The molecule has 156 valence electrons. The molecule has 0 radical (unpaired) electrons. The molecule has 2 heterocycles. The monoisotopic (exact) mass is 410 g/mol. The van der Waals surface area contributed by atoms with Crippen LogP contribution >= 0.6 is 0 Å². The largest absolute Gasteiger partial charge is 0.483 e. The number of carbonyl (C=O) groups is 2. The number of hydrogen-bond donors (Lipinski definition) is 2. The van der Waals surface area contributed by atoms with Gasteiger partial charge in [-0.25, -0.2) is 9.97 Å². The van der Waals surface area contributed by atoms with Crippen LogP contribution in [0.2, 0.25) is 0 Å². The minimum Gasteiger partial charge on any atom is -0.483 e. The molecule has 10 heteroatoms. The zero-order valence-corrected chi connectivity index (χ0v) is 16.1. The Morgan fingerprint density at radius 2 is 1.86 bits per heavy atom. The molecule has 1 unspecified atom stereocenters. The third kappa shape index (κ3) is 7.05. The molecule has 2 amide bonds. The maximum absolute atomic E-state index is 12.3. The Hall–Kier alpha value is -3.17. The molecular weight excluding hydrogens is 389 g/mol. The number of carbonyl (C=O) groups excluding carboxylic acids is 2. The predicted molar refractivity (Wildman–Crippen MR) is 99.4 cm³/mol. The summed E-state index contributed by atoms with van der Waals surface area (Å²) in [5.41, 5.74) is 0.733. The second-order valence-corrected chi connectivity index (χ2v) is 6.60. The summed E-state index contributed by atoms with van der Waals surface area (Å²) >= 11 is 0. The van der Waals surface area contributed by atoms with Gasteiger partial charge < -0.3 is 15.4 Å². The van der Waals surface area contributed by atoms with Crippen molar-refractivity contribution in [2.75, 3.05) is 11.9 Å². The van der Waals surface area contributed by atoms with Gasteiger partial charge in [0.15, 0.2) is 6.61 Å². The number of nitrogens with one attached hydrogen (secondary N) is 2. The maximum Gasteiger partial charge on any atom is 0.422 e. The number of anilines is 1. The van der Waals surface area contributed by atoms with Crippen molar-refractivity contribution >= 4 is 17.6 Å². The summed E-state index contributed by atoms with van der Waals surface area (Å²) in [4.78, 5) is 32.0. The van der Waals surface area contributed by atoms with E-state index in [2.05, 4.69) is 25.3 Å². The standard InChI is InChI=1S/C19H21F3N4O3/c1-11(2)17(27)26-16-8-13(6-7-23-16)12(3)25-18(28)15-5-4-14(9-24-15)29-10-19(20,21)22/h4-9,11-12H,10H2,1-3H3,(H,25,28)(H,23,26,27). The van der Waals surface area contributed by atoms with Gasteiger partial charge in [-0.2, -0.15) is 13.2 Å². The fourth-order valence-corrected chi connectivity index (χ4v) is 2.17. The summed E-state index contributed by atoms with van der Waals surface area (Å²) in [6.07, 6.45) is -1.89. The molecule has 2 aromatic heterocycles. The molecule has 2 rings (SSSR count). The Morgan fingerprint density at radius 1 is 1.14 bits per heavy atom. The van der Waals surface area contributed by atoms with Crippen molar-refractivity contribution < 1.29 is 27.5 Å². The first kappa shape index (κ1) is 22.1. The van der Waals surface area contributed by atoms with Gasteiger partial charge in [-0.3, -0.25) is 9.59 Å². The first-order valence-corrected chi connectivity index (χ1v) is 8.78. The number of aromatic nitrogens is 2. The highest BCUT2D eigenvalue weighted by Crippen LogP contribution is 2.19. The van der Waals surface area contributed by atoms with E-state index in [0.29, 0.717) is 11.4 Å². The van der Waals surface area contributed by atoms with Crippen LogP contribution < -0.4 is 15.4 Å². The fourth-order valence-electron chi connectivity index (χ4n) is 2.17. The van der Waals surface area contributed by atoms with Gasteiger partial charge in [-0.15, -0.1) is 0 Å². The molecule has 0 bridgehead atoms. The number of amides is 2. The molecule has 7 nitrogen and oxygen atoms in total. The van der Waals surface area contributed by atoms with Crippen LogP contribution in [0.25, 0.3) is 0 Å². The van der Waals surface area contributed by atoms with Crippen LogP contribution in [0.15, 0.2) is 36.7 Å². The number of halogens is 3. The topological polar surface area (TPSA) is 93.2 Å². The summed E-state index contributed by atoms with van der Waals surface area (Å²) in [5, 5.41) is 5.41. The predicted octanol–water partition coefficient (Wildman–Crippen LogP) is 3.50. The van der Waals surface area contributed by atoms with Gasteiger partial charge in [0.25, 0.3) is 5.91 Å². The number of alkyl halides is 3. The van der Waals surface area contributed by atoms with Crippen molar-refractivity contribution in [2.24, 2.45) is 5.92 Å². The summed E-state index contributed by atoms with van der Waals surface area (Å²) in [6.45, 7) is 3.82. The van der Waals surface area contributed by atoms with Crippen LogP contribution in [0, 0.1) is 5.92 Å². The normalized spacial score (nSPS) is 12.4. The fraction of sp³-hybridized carbons (Fsp3) is 0.368. The van der Waals surface area contributed by atoms with Gasteiger partial charge >= 0.3 is 6.18 Å². The lowest BCUT2D eigenvalue weighted by Gasteiger charge is -2.15. The molecule has 0 saturated carbocycles. The molecule has 2 aromatic rings. The Bertz CT molecular complexity index is 855. The molecule has 0 aliphatic carbocycles. The van der Waals surface area contributed by atoms with Gasteiger partial charge in [-0.05, 0) is 36.8 Å². The molecule has 2 N–H and O–H groups in total. The molecular formula is C19H21F3N4O3. The molecule has 1 atom stereocenters. The number of nitrogens with zero attached hydrogens (tertiary/aromatic N) is 2. The van der Waals surface area contributed by atoms with Crippen molar-refractivity contribution in [1.29, 1.82) is 0 Å². The van der Waals surface area contributed by atoms with Crippen LogP contribution in [0.5, 0.6) is 5.75 Å². The highest BCUT2D eigenvalue weighted by atomic mass is 19.4. The number of ether oxygens (including phenoxy) is 1. The smallest absolute Gasteiger partial charge is 0.422 e. The van der Waals surface area contributed by atoms with Crippen LogP contribution in [0.3, 0.4) is 0 Å². The first-order chi connectivity index (χ1) is 13.5. The Kier molecular flexibility index (Phi) is 7.13. The lowest BCUT2D eigenvalue weighted by atomic mass is 10.1. The van der Waals surface area contributed by atoms with E-state index < -0.39 is 24.7 Å². The Labute approximate surface area is 165 Å². The van der Waals surface area contributed by atoms with E-state index in [4.69, 9.17) is 0 Å². The average Bonchev–Trinajstić information content (AvgIpc) is 2.66. The summed E-state index contributed by atoms with van der Waals surface area (Å²) in [5.74, 6) is -0.613. The van der Waals surface area contributed by atoms with Crippen LogP contribution in [-0.4, -0.2) is 34.6 Å². The van der Waals surface area contributed by atoms with E-state index in [1.807, 2.05) is 0 Å². The highest BCUT2D eigenvalue weighted by molar-refractivity contribution is 5.93. The van der Waals surface area contributed by atoms with E-state index in [1.54, 1.807) is 32.9 Å². The van der Waals surface area contributed by atoms with Crippen molar-refractivity contribution in [3.05, 3.63) is 47.9 Å². The van der Waals surface area contributed by atoms with E-state index in [-0.39, 0.29) is 23.3 Å². The summed E-state index contributed by atoms with van der Waals surface area (Å²) < 4.78 is 41.0. The molecule has 0 fully saturated rings. The van der Waals surface area contributed by atoms with Gasteiger partial charge in [0.2, 0.25) is 5.91 Å². The minimum atomic E-state index is -4.45. The number of pyridine rings is 2. The molecule has 0 aromatic carbocycles. The SMILES string of the molecule is CC(C)C(=O)Nc1cc(C(C)NC(=O)c2ccc(OCC(F)(F)F)cn2)ccn1. The lowest BCUT2D eigenvalue weighted by molar-refractivity contribution is -0.153. The highest BCUT2D eigenvalue weighted by Gasteiger charge is 2.28. The van der Waals surface area contributed by atoms with E-state index in [1.165, 1.54) is 18.3 Å². The molecule has 0 spiro atoms. The molecule has 0 aliphatic rings. The number of hydrogen-bond acceptors (Lipinski definition) is 5. The average molecular weight is 410 g/mol. The molecule has 29 heavy (non-hydrogen) atoms. The van der Waals surface area contributed by atoms with Gasteiger partial charge in [0, 0.05) is 12.1 Å². The first-order valence-electron chi connectivity index (χ1n) is 8.78. The summed E-state index contributed by atoms with van der Waals surface area (Å²) in [7, 11) is 0. The maximum atomic E-state index is 12.3. The quantitative estimate of drug-likeness (QED) is 0.729. The van der Waals surface area contributed by atoms with Gasteiger partial charge in [-0.1, -0.05) is 13.8 Å². The molecule has 0 aliphatic heterocycles. The van der Waals surface area contributed by atoms with Crippen LogP contribution in [-0.2, 0) is 4.79 Å². The van der Waals surface area contributed by atoms with Crippen molar-refractivity contribution in [3.63, 3.8) is 0 Å². The van der Waals surface area contributed by atoms with Crippen molar-refractivity contribution in [2.45, 2.75) is 33.0 Å². The van der Waals surface area contributed by atoms with Crippen LogP contribution in [0.1, 0.15) is 42.9 Å².